The van der Waals surface area contributed by atoms with Crippen LogP contribution in [0.15, 0.2) is 46.4 Å². The van der Waals surface area contributed by atoms with Crippen LogP contribution in [-0.4, -0.2) is 11.6 Å². The Kier molecular flexibility index (Phi) is 3.73. The van der Waals surface area contributed by atoms with Gasteiger partial charge in [0.05, 0.1) is 6.54 Å². The lowest BCUT2D eigenvalue weighted by molar-refractivity contribution is 0.822. The second kappa shape index (κ2) is 5.49. The summed E-state index contributed by atoms with van der Waals surface area (Å²) in [6.45, 7) is 1.84. The number of thiophene rings is 1. The van der Waals surface area contributed by atoms with E-state index in [1.165, 1.54) is 25.8 Å². The largest absolute Gasteiger partial charge is 0.342 e. The summed E-state index contributed by atoms with van der Waals surface area (Å²) in [6.07, 6.45) is 2.18. The Morgan fingerprint density at radius 1 is 1.32 bits per heavy atom. The van der Waals surface area contributed by atoms with E-state index in [4.69, 9.17) is 0 Å². The SMILES string of the molecule is CNCc1cccc2c1ccn2Cc1cc(Br)cs1. The predicted molar refractivity (Wildman–Crippen MR) is 85.8 cm³/mol. The van der Waals surface area contributed by atoms with Gasteiger partial charge in [-0.3, -0.25) is 0 Å². The molecular formula is C15H15BrN2S. The van der Waals surface area contributed by atoms with Gasteiger partial charge in [0.2, 0.25) is 0 Å². The van der Waals surface area contributed by atoms with Crippen LogP contribution in [0.5, 0.6) is 0 Å². The molecule has 2 heterocycles. The Bertz CT molecular complexity index is 699. The van der Waals surface area contributed by atoms with E-state index in [-0.39, 0.29) is 0 Å². The number of hydrogen-bond acceptors (Lipinski definition) is 2. The molecule has 0 atom stereocenters. The quantitative estimate of drug-likeness (QED) is 0.755. The summed E-state index contributed by atoms with van der Waals surface area (Å²) in [6, 6.07) is 10.9. The lowest BCUT2D eigenvalue weighted by Crippen LogP contribution is -2.05. The van der Waals surface area contributed by atoms with Crippen molar-refractivity contribution < 1.29 is 0 Å². The van der Waals surface area contributed by atoms with E-state index in [1.54, 1.807) is 11.3 Å². The van der Waals surface area contributed by atoms with Crippen LogP contribution >= 0.6 is 27.3 Å². The summed E-state index contributed by atoms with van der Waals surface area (Å²) in [7, 11) is 1.99. The Labute approximate surface area is 125 Å². The first-order valence-corrected chi connectivity index (χ1v) is 7.89. The van der Waals surface area contributed by atoms with Gasteiger partial charge in [-0.2, -0.15) is 0 Å². The second-order valence-corrected chi connectivity index (χ2v) is 6.47. The molecule has 0 saturated carbocycles. The molecule has 0 saturated heterocycles. The molecule has 0 unspecified atom stereocenters. The molecule has 0 aliphatic heterocycles. The van der Waals surface area contributed by atoms with Gasteiger partial charge in [0.25, 0.3) is 0 Å². The zero-order chi connectivity index (χ0) is 13.2. The van der Waals surface area contributed by atoms with Crippen LogP contribution in [0.25, 0.3) is 10.9 Å². The average molecular weight is 335 g/mol. The summed E-state index contributed by atoms with van der Waals surface area (Å²) in [5, 5.41) is 6.70. The second-order valence-electron chi connectivity index (χ2n) is 4.56. The van der Waals surface area contributed by atoms with Crippen molar-refractivity contribution in [3.8, 4) is 0 Å². The van der Waals surface area contributed by atoms with Crippen molar-refractivity contribution in [2.75, 3.05) is 7.05 Å². The molecule has 2 aromatic heterocycles. The minimum atomic E-state index is 0.909. The number of nitrogens with zero attached hydrogens (tertiary/aromatic N) is 1. The smallest absolute Gasteiger partial charge is 0.0569 e. The fourth-order valence-corrected chi connectivity index (χ4v) is 3.82. The van der Waals surface area contributed by atoms with Crippen molar-refractivity contribution in [3.63, 3.8) is 0 Å². The molecule has 0 spiro atoms. The van der Waals surface area contributed by atoms with E-state index in [1.807, 2.05) is 7.05 Å². The topological polar surface area (TPSA) is 17.0 Å². The lowest BCUT2D eigenvalue weighted by atomic mass is 10.1. The van der Waals surface area contributed by atoms with E-state index >= 15 is 0 Å². The Morgan fingerprint density at radius 3 is 2.95 bits per heavy atom. The molecule has 19 heavy (non-hydrogen) atoms. The van der Waals surface area contributed by atoms with Crippen molar-refractivity contribution >= 4 is 38.2 Å². The van der Waals surface area contributed by atoms with Gasteiger partial charge in [0, 0.05) is 38.4 Å². The molecule has 0 aliphatic rings. The van der Waals surface area contributed by atoms with Crippen molar-refractivity contribution in [1.82, 2.24) is 9.88 Å². The maximum Gasteiger partial charge on any atom is 0.0569 e. The maximum absolute atomic E-state index is 3.51. The third-order valence-corrected chi connectivity index (χ3v) is 4.90. The number of nitrogens with one attached hydrogen (secondary N) is 1. The molecular weight excluding hydrogens is 320 g/mol. The van der Waals surface area contributed by atoms with Crippen molar-refractivity contribution in [2.24, 2.45) is 0 Å². The van der Waals surface area contributed by atoms with E-state index in [0.29, 0.717) is 0 Å². The lowest BCUT2D eigenvalue weighted by Gasteiger charge is -2.06. The van der Waals surface area contributed by atoms with Gasteiger partial charge < -0.3 is 9.88 Å². The van der Waals surface area contributed by atoms with Crippen LogP contribution < -0.4 is 5.32 Å². The monoisotopic (exact) mass is 334 g/mol. The number of halogens is 1. The van der Waals surface area contributed by atoms with Gasteiger partial charge in [0.1, 0.15) is 0 Å². The highest BCUT2D eigenvalue weighted by molar-refractivity contribution is 9.10. The normalized spacial score (nSPS) is 11.3. The van der Waals surface area contributed by atoms with Gasteiger partial charge in [-0.25, -0.2) is 0 Å². The van der Waals surface area contributed by atoms with Crippen molar-refractivity contribution in [3.05, 3.63) is 56.8 Å². The van der Waals surface area contributed by atoms with E-state index < -0.39 is 0 Å². The molecule has 1 N–H and O–H groups in total. The van der Waals surface area contributed by atoms with Crippen LogP contribution in [0.1, 0.15) is 10.4 Å². The molecule has 3 aromatic rings. The number of rotatable bonds is 4. The minimum absolute atomic E-state index is 0.909. The van der Waals surface area contributed by atoms with Gasteiger partial charge in [-0.15, -0.1) is 11.3 Å². The standard InChI is InChI=1S/C15H15BrN2S/c1-17-8-11-3-2-4-15-14(11)5-6-18(15)9-13-7-12(16)10-19-13/h2-7,10,17H,8-9H2,1H3. The van der Waals surface area contributed by atoms with Gasteiger partial charge >= 0.3 is 0 Å². The number of fused-ring (bicyclic) bond motifs is 1. The first-order valence-electron chi connectivity index (χ1n) is 6.22. The average Bonchev–Trinajstić information content (AvgIpc) is 2.99. The summed E-state index contributed by atoms with van der Waals surface area (Å²) in [5.74, 6) is 0. The molecule has 3 rings (SSSR count). The third kappa shape index (κ3) is 2.61. The molecule has 2 nitrogen and oxygen atoms in total. The molecule has 4 heteroatoms. The van der Waals surface area contributed by atoms with Gasteiger partial charge in [-0.05, 0) is 46.7 Å². The first kappa shape index (κ1) is 12.9. The zero-order valence-electron chi connectivity index (χ0n) is 10.7. The Morgan fingerprint density at radius 2 is 2.21 bits per heavy atom. The maximum atomic E-state index is 3.51. The van der Waals surface area contributed by atoms with Gasteiger partial charge in [0.15, 0.2) is 0 Å². The van der Waals surface area contributed by atoms with Crippen LogP contribution in [-0.2, 0) is 13.1 Å². The third-order valence-electron chi connectivity index (χ3n) is 3.22. The summed E-state index contributed by atoms with van der Waals surface area (Å²) >= 11 is 5.30. The minimum Gasteiger partial charge on any atom is -0.342 e. The van der Waals surface area contributed by atoms with E-state index in [2.05, 4.69) is 67.7 Å². The van der Waals surface area contributed by atoms with Crippen molar-refractivity contribution in [1.29, 1.82) is 0 Å². The highest BCUT2D eigenvalue weighted by Crippen LogP contribution is 2.24. The zero-order valence-corrected chi connectivity index (χ0v) is 13.1. The summed E-state index contributed by atoms with van der Waals surface area (Å²) in [4.78, 5) is 1.36. The van der Waals surface area contributed by atoms with E-state index in [0.717, 1.165) is 13.1 Å². The number of aromatic nitrogens is 1. The molecule has 0 amide bonds. The van der Waals surface area contributed by atoms with Crippen molar-refractivity contribution in [2.45, 2.75) is 13.1 Å². The summed E-state index contributed by atoms with van der Waals surface area (Å²) < 4.78 is 3.48. The number of benzene rings is 1. The number of hydrogen-bond donors (Lipinski definition) is 1. The molecule has 98 valence electrons. The van der Waals surface area contributed by atoms with E-state index in [9.17, 15) is 0 Å². The fourth-order valence-electron chi connectivity index (χ4n) is 2.37. The highest BCUT2D eigenvalue weighted by Gasteiger charge is 2.06. The van der Waals surface area contributed by atoms with Crippen LogP contribution in [0.3, 0.4) is 0 Å². The molecule has 0 fully saturated rings. The van der Waals surface area contributed by atoms with Crippen LogP contribution in [0.4, 0.5) is 0 Å². The first-order chi connectivity index (χ1) is 9.28. The molecule has 0 aliphatic carbocycles. The fraction of sp³-hybridized carbons (Fsp3) is 0.200. The summed E-state index contributed by atoms with van der Waals surface area (Å²) in [5.41, 5.74) is 2.66. The van der Waals surface area contributed by atoms with Gasteiger partial charge in [-0.1, -0.05) is 12.1 Å². The van der Waals surface area contributed by atoms with Crippen LogP contribution in [0, 0.1) is 0 Å². The Balaban J connectivity index is 1.98. The Hall–Kier alpha value is -1.10. The molecule has 0 radical (unpaired) electrons. The highest BCUT2D eigenvalue weighted by atomic mass is 79.9. The predicted octanol–water partition coefficient (Wildman–Crippen LogP) is 4.23. The molecule has 0 bridgehead atoms. The van der Waals surface area contributed by atoms with Crippen LogP contribution in [0.2, 0.25) is 0 Å². The molecule has 1 aromatic carbocycles.